The van der Waals surface area contributed by atoms with Crippen LogP contribution < -0.4 is 0 Å². The van der Waals surface area contributed by atoms with Gasteiger partial charge < -0.3 is 0 Å². The Labute approximate surface area is 142 Å². The Hall–Kier alpha value is -0.750. The summed E-state index contributed by atoms with van der Waals surface area (Å²) in [5, 5.41) is 1.59. The Morgan fingerprint density at radius 3 is 2.26 bits per heavy atom. The summed E-state index contributed by atoms with van der Waals surface area (Å²) in [7, 11) is 1.48. The maximum absolute atomic E-state index is 13.3. The summed E-state index contributed by atoms with van der Waals surface area (Å²) in [5.41, 5.74) is 1.27. The van der Waals surface area contributed by atoms with Crippen LogP contribution in [0.1, 0.15) is 70.9 Å². The van der Waals surface area contributed by atoms with Crippen LogP contribution in [0.25, 0.3) is 0 Å². The minimum atomic E-state index is -2.74. The van der Waals surface area contributed by atoms with Gasteiger partial charge in [-0.3, -0.25) is 0 Å². The first-order chi connectivity index (χ1) is 10.9. The normalized spacial score (nSPS) is 14.1. The highest BCUT2D eigenvalue weighted by molar-refractivity contribution is 7.40. The molecule has 0 radical (unpaired) electrons. The van der Waals surface area contributed by atoms with Crippen LogP contribution >= 0.6 is 8.20 Å². The standard InChI is InChI=1S/C20H31F2P/c1-5-7-8-18(16(3)23-15-6-2)12-9-17-10-13-19(14-11-17)20(4,21)22/h10-11,13-14,18H,5-9,12,15H2,1-4H3. The Morgan fingerprint density at radius 2 is 1.74 bits per heavy atom. The molecule has 0 nitrogen and oxygen atoms in total. The third-order valence-electron chi connectivity index (χ3n) is 4.32. The van der Waals surface area contributed by atoms with Crippen molar-refractivity contribution in [1.82, 2.24) is 0 Å². The zero-order valence-corrected chi connectivity index (χ0v) is 15.9. The summed E-state index contributed by atoms with van der Waals surface area (Å²) in [4.78, 5) is 0. The molecule has 1 rings (SSSR count). The van der Waals surface area contributed by atoms with Gasteiger partial charge in [0.05, 0.1) is 0 Å². The van der Waals surface area contributed by atoms with Crippen LogP contribution in [-0.2, 0) is 12.3 Å². The minimum Gasteiger partial charge on any atom is -0.202 e. The van der Waals surface area contributed by atoms with E-state index >= 15 is 0 Å². The second-order valence-corrected chi connectivity index (χ2v) is 7.96. The molecule has 0 saturated carbocycles. The number of alkyl halides is 2. The van der Waals surface area contributed by atoms with Gasteiger partial charge in [0.15, 0.2) is 0 Å². The third kappa shape index (κ3) is 7.57. The molecule has 0 fully saturated rings. The van der Waals surface area contributed by atoms with E-state index in [2.05, 4.69) is 20.8 Å². The van der Waals surface area contributed by atoms with Gasteiger partial charge in [-0.2, -0.15) is 0 Å². The summed E-state index contributed by atoms with van der Waals surface area (Å²) in [6.45, 7) is 7.71. The van der Waals surface area contributed by atoms with Gasteiger partial charge in [0, 0.05) is 12.5 Å². The molecule has 1 atom stereocenters. The molecule has 0 spiro atoms. The smallest absolute Gasteiger partial charge is 0.202 e. The summed E-state index contributed by atoms with van der Waals surface area (Å²) < 4.78 is 26.5. The van der Waals surface area contributed by atoms with Crippen molar-refractivity contribution in [2.45, 2.75) is 72.1 Å². The van der Waals surface area contributed by atoms with Crippen molar-refractivity contribution in [3.05, 3.63) is 35.4 Å². The first kappa shape index (κ1) is 20.3. The number of rotatable bonds is 10. The molecule has 0 aliphatic rings. The molecule has 1 unspecified atom stereocenters. The lowest BCUT2D eigenvalue weighted by atomic mass is 9.92. The van der Waals surface area contributed by atoms with E-state index in [1.807, 2.05) is 12.1 Å². The topological polar surface area (TPSA) is 0 Å². The number of halogens is 2. The van der Waals surface area contributed by atoms with Crippen molar-refractivity contribution in [1.29, 1.82) is 0 Å². The molecule has 0 aliphatic carbocycles. The number of hydrogen-bond acceptors (Lipinski definition) is 0. The van der Waals surface area contributed by atoms with Gasteiger partial charge in [0.25, 0.3) is 5.92 Å². The van der Waals surface area contributed by atoms with Crippen LogP contribution in [0, 0.1) is 5.92 Å². The predicted octanol–water partition coefficient (Wildman–Crippen LogP) is 7.09. The lowest BCUT2D eigenvalue weighted by molar-refractivity contribution is 0.0174. The van der Waals surface area contributed by atoms with Crippen molar-refractivity contribution in [2.75, 3.05) is 6.16 Å². The van der Waals surface area contributed by atoms with Gasteiger partial charge in [-0.05, 0) is 55.5 Å². The second-order valence-electron chi connectivity index (χ2n) is 6.49. The second kappa shape index (κ2) is 10.2. The molecule has 0 amide bonds. The zero-order valence-electron chi connectivity index (χ0n) is 15.0. The molecule has 0 aromatic heterocycles. The largest absolute Gasteiger partial charge is 0.270 e. The number of unbranched alkanes of at least 4 members (excludes halogenated alkanes) is 1. The van der Waals surface area contributed by atoms with Gasteiger partial charge >= 0.3 is 0 Å². The molecule has 0 heterocycles. The van der Waals surface area contributed by atoms with Gasteiger partial charge in [-0.15, -0.1) is 8.20 Å². The van der Waals surface area contributed by atoms with E-state index in [0.717, 1.165) is 19.8 Å². The lowest BCUT2D eigenvalue weighted by Crippen LogP contribution is -2.11. The minimum absolute atomic E-state index is 0.105. The summed E-state index contributed by atoms with van der Waals surface area (Å²) in [6, 6.07) is 6.87. The van der Waals surface area contributed by atoms with E-state index in [0.29, 0.717) is 5.92 Å². The van der Waals surface area contributed by atoms with E-state index in [-0.39, 0.29) is 5.56 Å². The first-order valence-corrected chi connectivity index (χ1v) is 9.94. The van der Waals surface area contributed by atoms with Crippen LogP contribution in [0.15, 0.2) is 24.3 Å². The van der Waals surface area contributed by atoms with Crippen molar-refractivity contribution in [3.8, 4) is 0 Å². The highest BCUT2D eigenvalue weighted by atomic mass is 31.1. The Balaban J connectivity index is 2.66. The van der Waals surface area contributed by atoms with E-state index in [9.17, 15) is 8.78 Å². The van der Waals surface area contributed by atoms with E-state index in [4.69, 9.17) is 0 Å². The molecular weight excluding hydrogens is 309 g/mol. The number of hydrogen-bond donors (Lipinski definition) is 0. The molecule has 0 bridgehead atoms. The molecule has 0 aliphatic heterocycles. The van der Waals surface area contributed by atoms with Crippen molar-refractivity contribution in [3.63, 3.8) is 0 Å². The lowest BCUT2D eigenvalue weighted by Gasteiger charge is -2.18. The predicted molar refractivity (Wildman–Crippen MR) is 100 cm³/mol. The summed E-state index contributed by atoms with van der Waals surface area (Å²) in [6.07, 6.45) is 8.33. The summed E-state index contributed by atoms with van der Waals surface area (Å²) >= 11 is 0. The molecule has 3 heteroatoms. The Bertz CT molecular complexity index is 471. The van der Waals surface area contributed by atoms with E-state index in [1.165, 1.54) is 45.6 Å². The first-order valence-electron chi connectivity index (χ1n) is 8.86. The van der Waals surface area contributed by atoms with Crippen molar-refractivity contribution in [2.24, 2.45) is 5.92 Å². The quantitative estimate of drug-likeness (QED) is 0.399. The number of aryl methyl sites for hydroxylation is 1. The van der Waals surface area contributed by atoms with Crippen molar-refractivity contribution >= 4 is 13.5 Å². The van der Waals surface area contributed by atoms with E-state index < -0.39 is 5.92 Å². The number of benzene rings is 1. The van der Waals surface area contributed by atoms with Gasteiger partial charge in [0.1, 0.15) is 0 Å². The molecule has 0 N–H and O–H groups in total. The fourth-order valence-electron chi connectivity index (χ4n) is 2.73. The molecule has 130 valence electrons. The molecule has 1 aromatic carbocycles. The highest BCUT2D eigenvalue weighted by Gasteiger charge is 2.23. The maximum Gasteiger partial charge on any atom is 0.270 e. The molecule has 0 saturated heterocycles. The van der Waals surface area contributed by atoms with Gasteiger partial charge in [0.2, 0.25) is 0 Å². The van der Waals surface area contributed by atoms with Crippen LogP contribution in [0.3, 0.4) is 0 Å². The van der Waals surface area contributed by atoms with Crippen LogP contribution in [-0.4, -0.2) is 11.5 Å². The van der Waals surface area contributed by atoms with Gasteiger partial charge in [-0.25, -0.2) is 8.78 Å². The highest BCUT2D eigenvalue weighted by Crippen LogP contribution is 2.27. The summed E-state index contributed by atoms with van der Waals surface area (Å²) in [5.74, 6) is -2.08. The third-order valence-corrected chi connectivity index (χ3v) is 5.86. The van der Waals surface area contributed by atoms with Crippen LogP contribution in [0.5, 0.6) is 0 Å². The Kier molecular flexibility index (Phi) is 8.99. The van der Waals surface area contributed by atoms with Gasteiger partial charge in [-0.1, -0.05) is 51.0 Å². The fraction of sp³-hybridized carbons (Fsp3) is 0.650. The SMILES string of the molecule is CCCCC(CCc1ccc(C(C)(F)F)cc1)C(C)=PCCC. The zero-order chi connectivity index (χ0) is 17.3. The monoisotopic (exact) mass is 340 g/mol. The average molecular weight is 340 g/mol. The fourth-order valence-corrected chi connectivity index (χ4v) is 3.83. The molecular formula is C20H31F2P. The Morgan fingerprint density at radius 1 is 1.09 bits per heavy atom. The molecule has 23 heavy (non-hydrogen) atoms. The maximum atomic E-state index is 13.3. The van der Waals surface area contributed by atoms with Crippen LogP contribution in [0.2, 0.25) is 0 Å². The molecule has 1 aromatic rings. The van der Waals surface area contributed by atoms with Crippen molar-refractivity contribution < 1.29 is 8.78 Å². The average Bonchev–Trinajstić information content (AvgIpc) is 2.52. The van der Waals surface area contributed by atoms with Crippen LogP contribution in [0.4, 0.5) is 8.78 Å². The van der Waals surface area contributed by atoms with E-state index in [1.54, 1.807) is 17.4 Å².